The van der Waals surface area contributed by atoms with Crippen LogP contribution in [0.4, 0.5) is 0 Å². The quantitative estimate of drug-likeness (QED) is 0.680. The number of hydrogen-bond donors (Lipinski definition) is 3. The molecule has 1 heterocycles. The Morgan fingerprint density at radius 2 is 1.71 bits per heavy atom. The maximum Gasteiger partial charge on any atom is 0.352 e. The Kier molecular flexibility index (Phi) is 2.60. The van der Waals surface area contributed by atoms with Crippen LogP contribution >= 0.6 is 0 Å². The van der Waals surface area contributed by atoms with Crippen LogP contribution in [-0.2, 0) is 6.42 Å². The van der Waals surface area contributed by atoms with Gasteiger partial charge in [0, 0.05) is 0 Å². The minimum atomic E-state index is -1.13. The minimum absolute atomic E-state index is 0.0256. The zero-order chi connectivity index (χ0) is 10.9. The largest absolute Gasteiger partial charge is 0.477 e. The van der Waals surface area contributed by atoms with E-state index in [0.29, 0.717) is 17.5 Å². The normalized spacial score (nSPS) is 10.1. The van der Waals surface area contributed by atoms with Crippen LogP contribution in [0.1, 0.15) is 39.0 Å². The van der Waals surface area contributed by atoms with E-state index in [1.807, 2.05) is 0 Å². The topological polar surface area (TPSA) is 90.4 Å². The Labute approximate surface area is 80.4 Å². The summed E-state index contributed by atoms with van der Waals surface area (Å²) in [5.74, 6) is -2.26. The number of carbonyl (C=O) groups is 2. The molecule has 14 heavy (non-hydrogen) atoms. The molecule has 0 saturated carbocycles. The lowest BCUT2D eigenvalue weighted by Crippen LogP contribution is -2.02. The fourth-order valence-corrected chi connectivity index (χ4v) is 1.47. The van der Waals surface area contributed by atoms with Gasteiger partial charge < -0.3 is 15.2 Å². The van der Waals surface area contributed by atoms with Crippen molar-refractivity contribution >= 4 is 11.9 Å². The molecule has 0 spiro atoms. The molecule has 76 valence electrons. The summed E-state index contributed by atoms with van der Waals surface area (Å²) in [6.07, 6.45) is 0.497. The van der Waals surface area contributed by atoms with Crippen molar-refractivity contribution in [1.82, 2.24) is 4.98 Å². The van der Waals surface area contributed by atoms with E-state index >= 15 is 0 Å². The van der Waals surface area contributed by atoms with Gasteiger partial charge in [-0.05, 0) is 24.5 Å². The summed E-state index contributed by atoms with van der Waals surface area (Å²) < 4.78 is 0. The summed E-state index contributed by atoms with van der Waals surface area (Å²) in [5.41, 5.74) is 0.981. The van der Waals surface area contributed by atoms with Crippen LogP contribution < -0.4 is 0 Å². The molecular weight excluding hydrogens is 186 g/mol. The maximum atomic E-state index is 10.7. The highest BCUT2D eigenvalue weighted by Gasteiger charge is 2.20. The molecule has 0 unspecified atom stereocenters. The Morgan fingerprint density at radius 3 is 2.00 bits per heavy atom. The molecule has 0 amide bonds. The smallest absolute Gasteiger partial charge is 0.352 e. The first-order valence-corrected chi connectivity index (χ1v) is 4.17. The molecule has 1 aromatic heterocycles. The summed E-state index contributed by atoms with van der Waals surface area (Å²) in [6.45, 7) is 3.39. The van der Waals surface area contributed by atoms with Gasteiger partial charge in [-0.2, -0.15) is 0 Å². The third kappa shape index (κ3) is 1.48. The number of carboxylic acid groups (broad SMARTS) is 2. The number of nitrogens with one attached hydrogen (secondary N) is 1. The van der Waals surface area contributed by atoms with Crippen LogP contribution in [0.5, 0.6) is 0 Å². The highest BCUT2D eigenvalue weighted by atomic mass is 16.4. The first-order chi connectivity index (χ1) is 6.49. The lowest BCUT2D eigenvalue weighted by molar-refractivity contribution is 0.0689. The molecule has 0 atom stereocenters. The predicted molar refractivity (Wildman–Crippen MR) is 48.8 cm³/mol. The third-order valence-corrected chi connectivity index (χ3v) is 2.16. The Balaban J connectivity index is 3.39. The van der Waals surface area contributed by atoms with Gasteiger partial charge >= 0.3 is 11.9 Å². The average molecular weight is 197 g/mol. The van der Waals surface area contributed by atoms with Crippen molar-refractivity contribution in [2.75, 3.05) is 0 Å². The van der Waals surface area contributed by atoms with Crippen LogP contribution in [-0.4, -0.2) is 27.1 Å². The molecule has 1 aromatic rings. The number of aromatic nitrogens is 1. The van der Waals surface area contributed by atoms with Gasteiger partial charge in [-0.25, -0.2) is 9.59 Å². The Morgan fingerprint density at radius 1 is 1.21 bits per heavy atom. The number of hydrogen-bond acceptors (Lipinski definition) is 2. The van der Waals surface area contributed by atoms with E-state index < -0.39 is 11.9 Å². The van der Waals surface area contributed by atoms with Crippen LogP contribution in [0, 0.1) is 6.92 Å². The Bertz CT molecular complexity index is 392. The zero-order valence-electron chi connectivity index (χ0n) is 7.92. The number of carboxylic acids is 2. The second kappa shape index (κ2) is 3.53. The summed E-state index contributed by atoms with van der Waals surface area (Å²) in [6, 6.07) is 0. The van der Waals surface area contributed by atoms with Crippen molar-refractivity contribution in [2.45, 2.75) is 20.3 Å². The van der Waals surface area contributed by atoms with E-state index in [1.165, 1.54) is 0 Å². The molecule has 0 radical (unpaired) electrons. The molecular formula is C9H11NO4. The third-order valence-electron chi connectivity index (χ3n) is 2.16. The first kappa shape index (κ1) is 10.3. The lowest BCUT2D eigenvalue weighted by atomic mass is 10.1. The van der Waals surface area contributed by atoms with Crippen molar-refractivity contribution < 1.29 is 19.8 Å². The highest BCUT2D eigenvalue weighted by molar-refractivity contribution is 5.94. The molecule has 5 heteroatoms. The van der Waals surface area contributed by atoms with Crippen molar-refractivity contribution in [1.29, 1.82) is 0 Å². The maximum absolute atomic E-state index is 10.7. The van der Waals surface area contributed by atoms with Crippen LogP contribution in [0.25, 0.3) is 0 Å². The van der Waals surface area contributed by atoms with Crippen molar-refractivity contribution in [3.05, 3.63) is 22.5 Å². The molecule has 0 bridgehead atoms. The van der Waals surface area contributed by atoms with Gasteiger partial charge in [0.15, 0.2) is 0 Å². The van der Waals surface area contributed by atoms with E-state index in [0.717, 1.165) is 0 Å². The fourth-order valence-electron chi connectivity index (χ4n) is 1.47. The predicted octanol–water partition coefficient (Wildman–Crippen LogP) is 1.28. The zero-order valence-corrected chi connectivity index (χ0v) is 7.92. The van der Waals surface area contributed by atoms with Gasteiger partial charge in [-0.3, -0.25) is 0 Å². The van der Waals surface area contributed by atoms with Gasteiger partial charge in [0.05, 0.1) is 0 Å². The lowest BCUT2D eigenvalue weighted by Gasteiger charge is -1.96. The highest BCUT2D eigenvalue weighted by Crippen LogP contribution is 2.18. The molecule has 3 N–H and O–H groups in total. The molecule has 0 fully saturated rings. The molecule has 0 aliphatic rings. The molecule has 0 aliphatic carbocycles. The monoisotopic (exact) mass is 197 g/mol. The standard InChI is InChI=1S/C9H11NO4/c1-3-5-4(2)6(8(11)12)10-7(5)9(13)14/h10H,3H2,1-2H3,(H,11,12)(H,13,14). The minimum Gasteiger partial charge on any atom is -0.477 e. The number of rotatable bonds is 3. The van der Waals surface area contributed by atoms with E-state index in [2.05, 4.69) is 4.98 Å². The number of aromatic carboxylic acids is 2. The van der Waals surface area contributed by atoms with E-state index in [1.54, 1.807) is 13.8 Å². The Hall–Kier alpha value is -1.78. The van der Waals surface area contributed by atoms with E-state index in [4.69, 9.17) is 10.2 Å². The van der Waals surface area contributed by atoms with Crippen molar-refractivity contribution in [2.24, 2.45) is 0 Å². The van der Waals surface area contributed by atoms with Gasteiger partial charge in [-0.15, -0.1) is 0 Å². The van der Waals surface area contributed by atoms with Crippen molar-refractivity contribution in [3.63, 3.8) is 0 Å². The summed E-state index contributed by atoms with van der Waals surface area (Å²) in [7, 11) is 0. The van der Waals surface area contributed by atoms with E-state index in [-0.39, 0.29) is 11.4 Å². The summed E-state index contributed by atoms with van der Waals surface area (Å²) in [5, 5.41) is 17.5. The average Bonchev–Trinajstić information content (AvgIpc) is 2.42. The first-order valence-electron chi connectivity index (χ1n) is 4.17. The number of aromatic amines is 1. The van der Waals surface area contributed by atoms with Crippen LogP contribution in [0.2, 0.25) is 0 Å². The van der Waals surface area contributed by atoms with Crippen molar-refractivity contribution in [3.8, 4) is 0 Å². The molecule has 5 nitrogen and oxygen atoms in total. The molecule has 1 rings (SSSR count). The molecule has 0 aromatic carbocycles. The SMILES string of the molecule is CCc1c(C(=O)O)[nH]c(C(=O)O)c1C. The molecule has 0 aliphatic heterocycles. The second-order valence-electron chi connectivity index (χ2n) is 2.94. The molecule has 0 saturated heterocycles. The van der Waals surface area contributed by atoms with Crippen LogP contribution in [0.15, 0.2) is 0 Å². The summed E-state index contributed by atoms with van der Waals surface area (Å²) in [4.78, 5) is 23.8. The second-order valence-corrected chi connectivity index (χ2v) is 2.94. The van der Waals surface area contributed by atoms with Gasteiger partial charge in [-0.1, -0.05) is 6.92 Å². The van der Waals surface area contributed by atoms with Crippen LogP contribution in [0.3, 0.4) is 0 Å². The number of H-pyrrole nitrogens is 1. The fraction of sp³-hybridized carbons (Fsp3) is 0.333. The summed E-state index contributed by atoms with van der Waals surface area (Å²) >= 11 is 0. The van der Waals surface area contributed by atoms with Gasteiger partial charge in [0.2, 0.25) is 0 Å². The van der Waals surface area contributed by atoms with Gasteiger partial charge in [0.1, 0.15) is 11.4 Å². The van der Waals surface area contributed by atoms with Gasteiger partial charge in [0.25, 0.3) is 0 Å². The van der Waals surface area contributed by atoms with E-state index in [9.17, 15) is 9.59 Å².